The second kappa shape index (κ2) is 9.43. The van der Waals surface area contributed by atoms with Gasteiger partial charge in [-0.3, -0.25) is 4.90 Å². The predicted octanol–water partition coefficient (Wildman–Crippen LogP) is 1.96. The SMILES string of the molecule is COc1ccccc1N1CCN(CC(O)COc2ccccc2C(=O)O)CC1. The molecule has 0 aliphatic carbocycles. The van der Waals surface area contributed by atoms with Crippen LogP contribution < -0.4 is 14.4 Å². The molecule has 3 rings (SSSR count). The Kier molecular flexibility index (Phi) is 6.73. The zero-order valence-corrected chi connectivity index (χ0v) is 16.0. The molecule has 7 nitrogen and oxygen atoms in total. The Balaban J connectivity index is 1.48. The maximum absolute atomic E-state index is 11.2. The number of hydrogen-bond donors (Lipinski definition) is 2. The van der Waals surface area contributed by atoms with Crippen molar-refractivity contribution in [3.8, 4) is 11.5 Å². The van der Waals surface area contributed by atoms with E-state index in [2.05, 4.69) is 15.9 Å². The first-order valence-corrected chi connectivity index (χ1v) is 9.32. The van der Waals surface area contributed by atoms with Gasteiger partial charge in [0.2, 0.25) is 0 Å². The van der Waals surface area contributed by atoms with Gasteiger partial charge in [0.1, 0.15) is 29.8 Å². The molecule has 0 bridgehead atoms. The third kappa shape index (κ3) is 4.94. The van der Waals surface area contributed by atoms with Gasteiger partial charge in [-0.05, 0) is 24.3 Å². The lowest BCUT2D eigenvalue weighted by atomic mass is 10.2. The summed E-state index contributed by atoms with van der Waals surface area (Å²) >= 11 is 0. The van der Waals surface area contributed by atoms with E-state index in [1.165, 1.54) is 6.07 Å². The van der Waals surface area contributed by atoms with Gasteiger partial charge in [-0.1, -0.05) is 24.3 Å². The van der Waals surface area contributed by atoms with Crippen molar-refractivity contribution in [2.24, 2.45) is 0 Å². The standard InChI is InChI=1S/C21H26N2O5/c1-27-20-9-5-3-7-18(20)23-12-10-22(11-13-23)14-16(24)15-28-19-8-4-2-6-17(19)21(25)26/h2-9,16,24H,10-15H2,1H3,(H,25,26). The molecule has 0 amide bonds. The summed E-state index contributed by atoms with van der Waals surface area (Å²) in [5.74, 6) is 0.0917. The molecule has 0 aromatic heterocycles. The Morgan fingerprint density at radius 1 is 1.04 bits per heavy atom. The van der Waals surface area contributed by atoms with Crippen LogP contribution in [0.3, 0.4) is 0 Å². The summed E-state index contributed by atoms with van der Waals surface area (Å²) in [5.41, 5.74) is 1.18. The number of aliphatic hydroxyl groups excluding tert-OH is 1. The summed E-state index contributed by atoms with van der Waals surface area (Å²) < 4.78 is 11.0. The largest absolute Gasteiger partial charge is 0.495 e. The van der Waals surface area contributed by atoms with Crippen LogP contribution in [-0.4, -0.2) is 73.6 Å². The third-order valence-corrected chi connectivity index (χ3v) is 4.82. The van der Waals surface area contributed by atoms with Crippen LogP contribution in [0.15, 0.2) is 48.5 Å². The molecule has 1 heterocycles. The van der Waals surface area contributed by atoms with E-state index < -0.39 is 12.1 Å². The van der Waals surface area contributed by atoms with Gasteiger partial charge in [-0.2, -0.15) is 0 Å². The Labute approximate surface area is 164 Å². The number of para-hydroxylation sites is 3. The topological polar surface area (TPSA) is 82.5 Å². The zero-order valence-electron chi connectivity index (χ0n) is 16.0. The molecular formula is C21H26N2O5. The van der Waals surface area contributed by atoms with Crippen molar-refractivity contribution in [1.82, 2.24) is 4.90 Å². The van der Waals surface area contributed by atoms with Crippen molar-refractivity contribution in [2.75, 3.05) is 51.3 Å². The van der Waals surface area contributed by atoms with Crippen molar-refractivity contribution < 1.29 is 24.5 Å². The second-order valence-corrected chi connectivity index (χ2v) is 6.73. The number of hydrogen-bond acceptors (Lipinski definition) is 6. The molecule has 1 unspecified atom stereocenters. The fraction of sp³-hybridized carbons (Fsp3) is 0.381. The molecule has 2 aromatic carbocycles. The minimum absolute atomic E-state index is 0.0526. The van der Waals surface area contributed by atoms with E-state index in [0.717, 1.165) is 37.6 Å². The number of β-amino-alcohol motifs (C(OH)–C–C–N with tert-alkyl or cyclic N) is 1. The molecule has 1 fully saturated rings. The summed E-state index contributed by atoms with van der Waals surface area (Å²) in [6, 6.07) is 14.4. The molecule has 150 valence electrons. The zero-order chi connectivity index (χ0) is 19.9. The summed E-state index contributed by atoms with van der Waals surface area (Å²) in [6.07, 6.45) is -0.695. The molecule has 1 saturated heterocycles. The molecule has 2 aromatic rings. The number of carboxylic acids is 1. The van der Waals surface area contributed by atoms with Gasteiger partial charge in [0.25, 0.3) is 0 Å². The third-order valence-electron chi connectivity index (χ3n) is 4.82. The number of carbonyl (C=O) groups is 1. The van der Waals surface area contributed by atoms with Crippen LogP contribution in [0, 0.1) is 0 Å². The van der Waals surface area contributed by atoms with Gasteiger partial charge < -0.3 is 24.6 Å². The summed E-state index contributed by atoms with van der Waals surface area (Å²) in [5, 5.41) is 19.5. The Bertz CT molecular complexity index is 790. The molecular weight excluding hydrogens is 360 g/mol. The van der Waals surface area contributed by atoms with Crippen LogP contribution in [-0.2, 0) is 0 Å². The monoisotopic (exact) mass is 386 g/mol. The van der Waals surface area contributed by atoms with E-state index in [-0.39, 0.29) is 17.9 Å². The van der Waals surface area contributed by atoms with E-state index in [1.54, 1.807) is 25.3 Å². The molecule has 0 saturated carbocycles. The molecule has 7 heteroatoms. The van der Waals surface area contributed by atoms with Crippen LogP contribution in [0.5, 0.6) is 11.5 Å². The average Bonchev–Trinajstić information content (AvgIpc) is 2.73. The number of aliphatic hydroxyl groups is 1. The molecule has 0 radical (unpaired) electrons. The van der Waals surface area contributed by atoms with E-state index in [0.29, 0.717) is 6.54 Å². The minimum Gasteiger partial charge on any atom is -0.495 e. The number of ether oxygens (including phenoxy) is 2. The fourth-order valence-corrected chi connectivity index (χ4v) is 3.37. The lowest BCUT2D eigenvalue weighted by Crippen LogP contribution is -2.49. The fourth-order valence-electron chi connectivity index (χ4n) is 3.37. The number of rotatable bonds is 8. The van der Waals surface area contributed by atoms with E-state index in [9.17, 15) is 15.0 Å². The number of carboxylic acid groups (broad SMARTS) is 1. The second-order valence-electron chi connectivity index (χ2n) is 6.73. The highest BCUT2D eigenvalue weighted by Crippen LogP contribution is 2.28. The van der Waals surface area contributed by atoms with Crippen molar-refractivity contribution in [3.05, 3.63) is 54.1 Å². The summed E-state index contributed by atoms with van der Waals surface area (Å²) in [7, 11) is 1.67. The first-order valence-electron chi connectivity index (χ1n) is 9.32. The van der Waals surface area contributed by atoms with Crippen LogP contribution in [0.1, 0.15) is 10.4 Å². The molecule has 1 atom stereocenters. The van der Waals surface area contributed by atoms with Crippen LogP contribution in [0.4, 0.5) is 5.69 Å². The van der Waals surface area contributed by atoms with Crippen LogP contribution >= 0.6 is 0 Å². The lowest BCUT2D eigenvalue weighted by molar-refractivity contribution is 0.0619. The molecule has 1 aliphatic heterocycles. The number of methoxy groups -OCH3 is 1. The highest BCUT2D eigenvalue weighted by molar-refractivity contribution is 5.90. The maximum Gasteiger partial charge on any atom is 0.339 e. The minimum atomic E-state index is -1.04. The van der Waals surface area contributed by atoms with Crippen LogP contribution in [0.25, 0.3) is 0 Å². The molecule has 1 aliphatic rings. The van der Waals surface area contributed by atoms with Crippen molar-refractivity contribution in [2.45, 2.75) is 6.10 Å². The first-order chi connectivity index (χ1) is 13.6. The Morgan fingerprint density at radius 2 is 1.68 bits per heavy atom. The van der Waals surface area contributed by atoms with Gasteiger partial charge >= 0.3 is 5.97 Å². The van der Waals surface area contributed by atoms with Gasteiger partial charge in [-0.25, -0.2) is 4.79 Å². The lowest BCUT2D eigenvalue weighted by Gasteiger charge is -2.37. The highest BCUT2D eigenvalue weighted by atomic mass is 16.5. The molecule has 0 spiro atoms. The number of piperazine rings is 1. The maximum atomic E-state index is 11.2. The summed E-state index contributed by atoms with van der Waals surface area (Å²) in [4.78, 5) is 15.7. The number of nitrogens with zero attached hydrogens (tertiary/aromatic N) is 2. The van der Waals surface area contributed by atoms with Gasteiger partial charge in [0.05, 0.1) is 12.8 Å². The normalized spacial score (nSPS) is 15.9. The highest BCUT2D eigenvalue weighted by Gasteiger charge is 2.21. The predicted molar refractivity (Wildman–Crippen MR) is 107 cm³/mol. The van der Waals surface area contributed by atoms with E-state index >= 15 is 0 Å². The van der Waals surface area contributed by atoms with Crippen molar-refractivity contribution >= 4 is 11.7 Å². The van der Waals surface area contributed by atoms with Crippen molar-refractivity contribution in [1.29, 1.82) is 0 Å². The molecule has 28 heavy (non-hydrogen) atoms. The first kappa shape index (κ1) is 20.0. The number of aromatic carboxylic acids is 1. The van der Waals surface area contributed by atoms with Gasteiger partial charge in [0.15, 0.2) is 0 Å². The van der Waals surface area contributed by atoms with Gasteiger partial charge in [-0.15, -0.1) is 0 Å². The number of benzene rings is 2. The quantitative estimate of drug-likeness (QED) is 0.718. The van der Waals surface area contributed by atoms with E-state index in [1.807, 2.05) is 18.2 Å². The van der Waals surface area contributed by atoms with Crippen LogP contribution in [0.2, 0.25) is 0 Å². The number of anilines is 1. The molecule has 2 N–H and O–H groups in total. The smallest absolute Gasteiger partial charge is 0.339 e. The Hall–Kier alpha value is -2.77. The van der Waals surface area contributed by atoms with Crippen molar-refractivity contribution in [3.63, 3.8) is 0 Å². The summed E-state index contributed by atoms with van der Waals surface area (Å²) in [6.45, 7) is 3.86. The Morgan fingerprint density at radius 3 is 2.36 bits per heavy atom. The average molecular weight is 386 g/mol. The van der Waals surface area contributed by atoms with E-state index in [4.69, 9.17) is 9.47 Å². The van der Waals surface area contributed by atoms with Gasteiger partial charge in [0, 0.05) is 32.7 Å².